The third-order valence-electron chi connectivity index (χ3n) is 7.78. The van der Waals surface area contributed by atoms with Gasteiger partial charge in [0.25, 0.3) is 0 Å². The van der Waals surface area contributed by atoms with Crippen molar-refractivity contribution in [2.75, 3.05) is 25.5 Å². The molecule has 1 unspecified atom stereocenters. The van der Waals surface area contributed by atoms with E-state index in [2.05, 4.69) is 19.2 Å². The minimum absolute atomic E-state index is 0.123. The Labute approximate surface area is 176 Å². The Morgan fingerprint density at radius 3 is 2.74 bits per heavy atom. The summed E-state index contributed by atoms with van der Waals surface area (Å²) in [7, 11) is 0. The van der Waals surface area contributed by atoms with Crippen molar-refractivity contribution in [1.29, 1.82) is 0 Å². The van der Waals surface area contributed by atoms with E-state index in [1.807, 2.05) is 6.20 Å². The van der Waals surface area contributed by atoms with Crippen LogP contribution in [-0.2, 0) is 16.7 Å². The van der Waals surface area contributed by atoms with Crippen LogP contribution in [0.25, 0.3) is 11.3 Å². The van der Waals surface area contributed by atoms with Crippen LogP contribution in [0, 0.1) is 17.8 Å². The number of alkyl halides is 3. The number of rotatable bonds is 6. The molecular formula is C21H22F3N5O2. The van der Waals surface area contributed by atoms with Crippen molar-refractivity contribution < 1.29 is 22.6 Å². The quantitative estimate of drug-likeness (QED) is 0.754. The maximum atomic E-state index is 12.7. The largest absolute Gasteiger partial charge is 0.573 e. The van der Waals surface area contributed by atoms with Crippen LogP contribution >= 0.6 is 0 Å². The van der Waals surface area contributed by atoms with Crippen LogP contribution in [0.5, 0.6) is 5.75 Å². The van der Waals surface area contributed by atoms with E-state index in [0.29, 0.717) is 41.1 Å². The summed E-state index contributed by atoms with van der Waals surface area (Å²) in [6.45, 7) is 2.73. The van der Waals surface area contributed by atoms with Gasteiger partial charge in [-0.15, -0.1) is 13.2 Å². The number of anilines is 1. The molecule has 2 aromatic heterocycles. The minimum atomic E-state index is -4.83. The van der Waals surface area contributed by atoms with Gasteiger partial charge < -0.3 is 19.8 Å². The van der Waals surface area contributed by atoms with Gasteiger partial charge in [-0.3, -0.25) is 4.90 Å². The highest BCUT2D eigenvalue weighted by molar-refractivity contribution is 5.64. The summed E-state index contributed by atoms with van der Waals surface area (Å²) < 4.78 is 50.0. The van der Waals surface area contributed by atoms with Crippen LogP contribution in [-0.4, -0.2) is 57.6 Å². The number of ether oxygens (including phenoxy) is 2. The van der Waals surface area contributed by atoms with Crippen molar-refractivity contribution in [3.05, 3.63) is 24.3 Å². The van der Waals surface area contributed by atoms with E-state index in [0.717, 1.165) is 32.0 Å². The maximum absolute atomic E-state index is 12.7. The first-order valence-corrected chi connectivity index (χ1v) is 10.8. The fraction of sp³-hybridized carbons (Fsp3) is 0.619. The summed E-state index contributed by atoms with van der Waals surface area (Å²) >= 11 is 0. The van der Waals surface area contributed by atoms with Crippen molar-refractivity contribution >= 4 is 5.82 Å². The number of piperidine rings is 1. The molecule has 6 fully saturated rings. The molecule has 0 aromatic carbocycles. The lowest BCUT2D eigenvalue weighted by molar-refractivity contribution is -0.274. The molecule has 0 amide bonds. The van der Waals surface area contributed by atoms with E-state index in [4.69, 9.17) is 15.5 Å². The first-order valence-electron chi connectivity index (χ1n) is 10.8. The molecule has 2 N–H and O–H groups in total. The van der Waals surface area contributed by atoms with E-state index in [1.54, 1.807) is 0 Å². The number of hydrogen-bond acceptors (Lipinski definition) is 6. The van der Waals surface area contributed by atoms with E-state index in [9.17, 15) is 13.2 Å². The average Bonchev–Trinajstić information content (AvgIpc) is 3.58. The maximum Gasteiger partial charge on any atom is 0.573 e. The molecule has 31 heavy (non-hydrogen) atoms. The summed E-state index contributed by atoms with van der Waals surface area (Å²) in [5.74, 6) is 2.22. The number of halogens is 3. The second-order valence-electron chi connectivity index (χ2n) is 9.57. The number of fused-ring (bicyclic) bond motifs is 1. The van der Waals surface area contributed by atoms with Crippen molar-refractivity contribution in [2.24, 2.45) is 17.8 Å². The van der Waals surface area contributed by atoms with E-state index in [1.165, 1.54) is 25.1 Å². The Morgan fingerprint density at radius 2 is 2.10 bits per heavy atom. The molecule has 2 aromatic rings. The van der Waals surface area contributed by atoms with Crippen molar-refractivity contribution in [3.63, 3.8) is 0 Å². The molecule has 7 nitrogen and oxygen atoms in total. The van der Waals surface area contributed by atoms with Crippen LogP contribution in [0.3, 0.4) is 0 Å². The Hall–Kier alpha value is -2.33. The molecule has 6 aliphatic rings. The Bertz CT molecular complexity index is 1070. The second kappa shape index (κ2) is 5.72. The highest BCUT2D eigenvalue weighted by Gasteiger charge is 2.94. The van der Waals surface area contributed by atoms with Gasteiger partial charge in [0.15, 0.2) is 11.6 Å². The smallest absolute Gasteiger partial charge is 0.402 e. The molecule has 10 heteroatoms. The topological polar surface area (TPSA) is 78.4 Å². The molecular weight excluding hydrogens is 411 g/mol. The molecule has 3 saturated heterocycles. The van der Waals surface area contributed by atoms with Gasteiger partial charge in [0.2, 0.25) is 0 Å². The fourth-order valence-electron chi connectivity index (χ4n) is 5.98. The van der Waals surface area contributed by atoms with Gasteiger partial charge in [-0.2, -0.15) is 0 Å². The average molecular weight is 433 g/mol. The summed E-state index contributed by atoms with van der Waals surface area (Å²) in [5.41, 5.74) is 6.83. The van der Waals surface area contributed by atoms with Gasteiger partial charge in [0, 0.05) is 48.8 Å². The molecule has 164 valence electrons. The van der Waals surface area contributed by atoms with Gasteiger partial charge in [0.05, 0.1) is 30.5 Å². The third-order valence-corrected chi connectivity index (χ3v) is 7.78. The summed E-state index contributed by atoms with van der Waals surface area (Å²) in [6.07, 6.45) is 1.99. The number of aromatic nitrogens is 3. The zero-order valence-corrected chi connectivity index (χ0v) is 16.7. The van der Waals surface area contributed by atoms with Crippen LogP contribution < -0.4 is 10.5 Å². The third kappa shape index (κ3) is 2.54. The first-order chi connectivity index (χ1) is 14.9. The molecule has 3 aliphatic carbocycles. The lowest BCUT2D eigenvalue weighted by atomic mass is 10.1. The highest BCUT2D eigenvalue weighted by atomic mass is 19.4. The van der Waals surface area contributed by atoms with Gasteiger partial charge in [-0.1, -0.05) is 0 Å². The highest BCUT2D eigenvalue weighted by Crippen LogP contribution is 2.84. The monoisotopic (exact) mass is 433 g/mol. The molecule has 2 bridgehead atoms. The predicted octanol–water partition coefficient (Wildman–Crippen LogP) is 2.42. The predicted molar refractivity (Wildman–Crippen MR) is 103 cm³/mol. The Kier molecular flexibility index (Phi) is 3.37. The van der Waals surface area contributed by atoms with Gasteiger partial charge in [0.1, 0.15) is 5.82 Å². The van der Waals surface area contributed by atoms with Crippen LogP contribution in [0.15, 0.2) is 18.5 Å². The molecule has 0 radical (unpaired) electrons. The van der Waals surface area contributed by atoms with Crippen LogP contribution in [0.1, 0.15) is 18.7 Å². The van der Waals surface area contributed by atoms with Crippen molar-refractivity contribution in [2.45, 2.75) is 43.2 Å². The number of nitrogens with zero attached hydrogens (tertiary/aromatic N) is 4. The summed E-state index contributed by atoms with van der Waals surface area (Å²) in [4.78, 5) is 11.4. The zero-order valence-electron chi connectivity index (χ0n) is 16.7. The lowest BCUT2D eigenvalue weighted by Gasteiger charge is -2.34. The Balaban J connectivity index is 1.23. The second-order valence-corrected chi connectivity index (χ2v) is 9.57. The normalized spacial score (nSPS) is 33.8. The van der Waals surface area contributed by atoms with Gasteiger partial charge >= 0.3 is 6.36 Å². The van der Waals surface area contributed by atoms with Crippen molar-refractivity contribution in [1.82, 2.24) is 19.4 Å². The summed E-state index contributed by atoms with van der Waals surface area (Å²) in [5, 5.41) is 0. The number of nitrogens with two attached hydrogens (primary N) is 1. The van der Waals surface area contributed by atoms with Gasteiger partial charge in [-0.05, 0) is 24.8 Å². The Morgan fingerprint density at radius 1 is 1.29 bits per heavy atom. The van der Waals surface area contributed by atoms with E-state index in [-0.39, 0.29) is 11.4 Å². The SMILES string of the molecule is Nc1ncc(-c2cn([C@@]34C5[C@H]3[C@H]4CN5C3COC3)c(CC3CC3)n2)cc1OC(F)(F)F. The van der Waals surface area contributed by atoms with Crippen molar-refractivity contribution in [3.8, 4) is 17.0 Å². The number of hydrogen-bond donors (Lipinski definition) is 1. The summed E-state index contributed by atoms with van der Waals surface area (Å²) in [6, 6.07) is 2.35. The minimum Gasteiger partial charge on any atom is -0.402 e. The van der Waals surface area contributed by atoms with E-state index < -0.39 is 12.1 Å². The van der Waals surface area contributed by atoms with Gasteiger partial charge in [-0.25, -0.2) is 9.97 Å². The molecule has 4 atom stereocenters. The number of nitrogen functional groups attached to an aromatic ring is 1. The number of imidazole rings is 1. The van der Waals surface area contributed by atoms with Crippen LogP contribution in [0.4, 0.5) is 19.0 Å². The standard InChI is InChI=1S/C21H22F3N5O2/c22-21(23,24)31-15-4-11(5-26-19(15)25)14-7-29(16(27-14)3-10-1-2-10)20-13-6-28(12-8-30-9-12)18(20)17(13)20/h4-5,7,10,12-13,17-18H,1-3,6,8-9H2,(H2,25,26)/t13-,17-,18?,20-/m1/s1. The lowest BCUT2D eigenvalue weighted by Crippen LogP contribution is -2.48. The van der Waals surface area contributed by atoms with Crippen LogP contribution in [0.2, 0.25) is 0 Å². The molecule has 0 spiro atoms. The number of pyridine rings is 1. The molecule has 3 aliphatic heterocycles. The first kappa shape index (κ1) is 18.3. The molecule has 3 saturated carbocycles. The fourth-order valence-corrected chi connectivity index (χ4v) is 5.98. The molecule has 5 heterocycles. The zero-order chi connectivity index (χ0) is 21.1. The van der Waals surface area contributed by atoms with E-state index >= 15 is 0 Å². The molecule has 8 rings (SSSR count).